The predicted molar refractivity (Wildman–Crippen MR) is 192 cm³/mol. The third-order valence-electron chi connectivity index (χ3n) is 9.50. The number of non-ortho nitro benzene ring substituents is 1. The van der Waals surface area contributed by atoms with Crippen LogP contribution in [-0.4, -0.2) is 9.49 Å². The maximum Gasteiger partial charge on any atom is 0.270 e. The summed E-state index contributed by atoms with van der Waals surface area (Å²) in [6.45, 7) is 3.01. The largest absolute Gasteiger partial charge is 0.340 e. The highest BCUT2D eigenvalue weighted by atomic mass is 35.5. The lowest BCUT2D eigenvalue weighted by Crippen LogP contribution is -2.17. The number of aromatic nitrogens is 1. The third-order valence-corrected chi connectivity index (χ3v) is 9.81. The second kappa shape index (κ2) is 10.4. The average molecular weight is 628 g/mol. The maximum absolute atomic E-state index is 11.8. The van der Waals surface area contributed by atoms with E-state index in [9.17, 15) is 10.1 Å². The second-order valence-electron chi connectivity index (χ2n) is 11.9. The van der Waals surface area contributed by atoms with E-state index < -0.39 is 4.92 Å². The Kier molecular flexibility index (Phi) is 6.08. The van der Waals surface area contributed by atoms with Crippen molar-refractivity contribution in [2.75, 3.05) is 0 Å². The van der Waals surface area contributed by atoms with E-state index in [0.29, 0.717) is 5.02 Å². The summed E-state index contributed by atoms with van der Waals surface area (Å²) in [5.74, 6) is 0. The summed E-state index contributed by atoms with van der Waals surface area (Å²) in [6, 6.07) is 42.9. The van der Waals surface area contributed by atoms with Crippen LogP contribution in [0, 0.1) is 10.1 Å². The molecule has 1 aromatic heterocycles. The lowest BCUT2D eigenvalue weighted by molar-refractivity contribution is -0.384. The van der Waals surface area contributed by atoms with Crippen LogP contribution < -0.4 is 10.6 Å². The van der Waals surface area contributed by atoms with Crippen LogP contribution in [0.25, 0.3) is 60.1 Å². The van der Waals surface area contributed by atoms with Gasteiger partial charge in [0.05, 0.1) is 26.5 Å². The average Bonchev–Trinajstić information content (AvgIpc) is 3.65. The topological polar surface area (TPSA) is 60.4 Å². The zero-order valence-electron chi connectivity index (χ0n) is 25.4. The number of para-hydroxylation sites is 2. The smallest absolute Gasteiger partial charge is 0.270 e. The monoisotopic (exact) mass is 627 g/mol. The van der Waals surface area contributed by atoms with Gasteiger partial charge in [-0.05, 0) is 64.4 Å². The number of nitro groups is 1. The van der Waals surface area contributed by atoms with Crippen molar-refractivity contribution in [2.45, 2.75) is 13.5 Å². The van der Waals surface area contributed by atoms with Crippen LogP contribution in [0.5, 0.6) is 0 Å². The number of halogens is 1. The number of benzene rings is 7. The van der Waals surface area contributed by atoms with Gasteiger partial charge in [-0.25, -0.2) is 4.99 Å². The number of fused-ring (bicyclic) bond motifs is 10. The molecule has 0 amide bonds. The van der Waals surface area contributed by atoms with Crippen molar-refractivity contribution >= 4 is 71.9 Å². The molecule has 1 aliphatic rings. The van der Waals surface area contributed by atoms with Gasteiger partial charge in [-0.1, -0.05) is 96.5 Å². The first kappa shape index (κ1) is 27.5. The Bertz CT molecular complexity index is 2780. The number of nitro benzene ring substituents is 1. The molecule has 0 fully saturated rings. The van der Waals surface area contributed by atoms with Gasteiger partial charge in [-0.3, -0.25) is 10.1 Å². The van der Waals surface area contributed by atoms with Crippen LogP contribution in [0.3, 0.4) is 0 Å². The highest BCUT2D eigenvalue weighted by Crippen LogP contribution is 2.41. The Morgan fingerprint density at radius 3 is 2.15 bits per heavy atom. The molecule has 2 heterocycles. The van der Waals surface area contributed by atoms with Crippen molar-refractivity contribution in [3.05, 3.63) is 164 Å². The Morgan fingerprint density at radius 1 is 0.702 bits per heavy atom. The van der Waals surface area contributed by atoms with Crippen molar-refractivity contribution < 1.29 is 4.92 Å². The summed E-state index contributed by atoms with van der Waals surface area (Å²) in [5, 5.41) is 20.7. The Labute approximate surface area is 274 Å². The van der Waals surface area contributed by atoms with Crippen molar-refractivity contribution in [3.8, 4) is 11.1 Å². The summed E-state index contributed by atoms with van der Waals surface area (Å²) in [7, 11) is 0. The highest BCUT2D eigenvalue weighted by Gasteiger charge is 2.23. The van der Waals surface area contributed by atoms with Crippen molar-refractivity contribution in [2.24, 2.45) is 4.99 Å². The first-order valence-corrected chi connectivity index (χ1v) is 16.0. The summed E-state index contributed by atoms with van der Waals surface area (Å²) < 4.78 is 2.39. The molecule has 0 saturated carbocycles. The van der Waals surface area contributed by atoms with Crippen LogP contribution in [0.4, 0.5) is 11.4 Å². The van der Waals surface area contributed by atoms with Crippen molar-refractivity contribution in [3.63, 3.8) is 0 Å². The number of hydrogen-bond acceptors (Lipinski definition) is 3. The minimum atomic E-state index is -0.403. The molecule has 6 heteroatoms. The minimum absolute atomic E-state index is 0.0454. The van der Waals surface area contributed by atoms with E-state index in [1.54, 1.807) is 12.1 Å². The van der Waals surface area contributed by atoms with E-state index in [1.165, 1.54) is 22.5 Å². The van der Waals surface area contributed by atoms with Gasteiger partial charge in [-0.2, -0.15) is 0 Å². The fourth-order valence-electron chi connectivity index (χ4n) is 7.52. The molecule has 0 atom stereocenters. The van der Waals surface area contributed by atoms with Crippen molar-refractivity contribution in [1.29, 1.82) is 0 Å². The Balaban J connectivity index is 1.54. The zero-order chi connectivity index (χ0) is 31.8. The lowest BCUT2D eigenvalue weighted by atomic mass is 9.87. The van der Waals surface area contributed by atoms with Gasteiger partial charge in [0.15, 0.2) is 0 Å². The van der Waals surface area contributed by atoms with Gasteiger partial charge in [0.2, 0.25) is 0 Å². The summed E-state index contributed by atoms with van der Waals surface area (Å²) in [4.78, 5) is 16.5. The Hall–Kier alpha value is -5.78. The van der Waals surface area contributed by atoms with E-state index >= 15 is 0 Å². The molecule has 0 N–H and O–H groups in total. The number of aryl methyl sites for hydroxylation is 1. The second-order valence-corrected chi connectivity index (χ2v) is 12.3. The molecule has 5 nitrogen and oxygen atoms in total. The molecule has 1 aliphatic heterocycles. The van der Waals surface area contributed by atoms with Crippen LogP contribution in [0.1, 0.15) is 18.1 Å². The normalized spacial score (nSPS) is 12.8. The number of nitrogens with zero attached hydrogens (tertiary/aromatic N) is 3. The highest BCUT2D eigenvalue weighted by molar-refractivity contribution is 6.33. The van der Waals surface area contributed by atoms with Crippen LogP contribution in [0.15, 0.2) is 132 Å². The summed E-state index contributed by atoms with van der Waals surface area (Å²) in [6.07, 6.45) is 0. The third kappa shape index (κ3) is 4.00. The van der Waals surface area contributed by atoms with Crippen LogP contribution in [-0.2, 0) is 6.54 Å². The number of rotatable bonds is 4. The maximum atomic E-state index is 11.8. The molecular weight excluding hydrogens is 602 g/mol. The molecule has 0 bridgehead atoms. The standard InChI is InChI=1S/C41H26ClN3O2/c1-2-44-38-18-10-8-14-28(38)35-23-33(26-12-4-6-16-30(26)41(35)44)39(31-20-19-24(45(46)47)21-36(31)42)32-22-34-27-13-7-9-17-37(27)43-40(34)29-15-5-3-11-25(29)32/h3-23H,2H2,1H3. The molecule has 0 aliphatic carbocycles. The molecule has 8 aromatic rings. The fourth-order valence-corrected chi connectivity index (χ4v) is 7.79. The lowest BCUT2D eigenvalue weighted by Gasteiger charge is -2.17. The van der Waals surface area contributed by atoms with E-state index in [1.807, 2.05) is 30.3 Å². The van der Waals surface area contributed by atoms with Crippen LogP contribution >= 0.6 is 11.6 Å². The van der Waals surface area contributed by atoms with Crippen molar-refractivity contribution in [1.82, 2.24) is 4.57 Å². The van der Waals surface area contributed by atoms with Gasteiger partial charge < -0.3 is 4.57 Å². The van der Waals surface area contributed by atoms with Gasteiger partial charge in [0, 0.05) is 62.4 Å². The molecular formula is C41H26ClN3O2. The molecule has 7 aromatic carbocycles. The summed E-state index contributed by atoms with van der Waals surface area (Å²) >= 11 is 7.06. The molecule has 47 heavy (non-hydrogen) atoms. The SMILES string of the molecule is CCn1c2ccccc2c2cc(C(c3ccc([N+](=O)[O-])cc3Cl)=c3cc4c(c5ccccc35)=Nc3ccccc3-4)c3ccccc3c21. The molecule has 9 rings (SSSR count). The quantitative estimate of drug-likeness (QED) is 0.144. The fraction of sp³-hybridized carbons (Fsp3) is 0.0488. The van der Waals surface area contributed by atoms with E-state index in [0.717, 1.165) is 77.6 Å². The van der Waals surface area contributed by atoms with E-state index in [4.69, 9.17) is 16.6 Å². The van der Waals surface area contributed by atoms with E-state index in [-0.39, 0.29) is 5.69 Å². The van der Waals surface area contributed by atoms with Crippen LogP contribution in [0.2, 0.25) is 5.02 Å². The van der Waals surface area contributed by atoms with Gasteiger partial charge >= 0.3 is 0 Å². The first-order valence-electron chi connectivity index (χ1n) is 15.6. The number of hydrogen-bond donors (Lipinski definition) is 0. The molecule has 0 spiro atoms. The van der Waals surface area contributed by atoms with Gasteiger partial charge in [0.1, 0.15) is 0 Å². The Morgan fingerprint density at radius 2 is 1.38 bits per heavy atom. The minimum Gasteiger partial charge on any atom is -0.340 e. The summed E-state index contributed by atoms with van der Waals surface area (Å²) in [5.41, 5.74) is 8.06. The van der Waals surface area contributed by atoms with Gasteiger partial charge in [0.25, 0.3) is 5.69 Å². The predicted octanol–water partition coefficient (Wildman–Crippen LogP) is 9.86. The van der Waals surface area contributed by atoms with E-state index in [2.05, 4.69) is 90.4 Å². The first-order chi connectivity index (χ1) is 23.0. The van der Waals surface area contributed by atoms with Gasteiger partial charge in [-0.15, -0.1) is 0 Å². The zero-order valence-corrected chi connectivity index (χ0v) is 26.1. The molecule has 0 saturated heterocycles. The molecule has 224 valence electrons. The molecule has 0 radical (unpaired) electrons. The molecule has 0 unspecified atom stereocenters.